The predicted octanol–water partition coefficient (Wildman–Crippen LogP) is 0.208. The van der Waals surface area contributed by atoms with E-state index < -0.39 is 0 Å². The van der Waals surface area contributed by atoms with Crippen LogP contribution in [-0.2, 0) is 4.81 Å². The zero-order valence-electron chi connectivity index (χ0n) is 7.97. The van der Waals surface area contributed by atoms with E-state index in [1.807, 2.05) is 0 Å². The molecule has 0 atom stereocenters. The molecule has 0 aliphatic heterocycles. The number of aromatic nitrogens is 2. The normalized spacial score (nSPS) is 10.0. The van der Waals surface area contributed by atoms with E-state index in [2.05, 4.69) is 19.6 Å². The van der Waals surface area contributed by atoms with Gasteiger partial charge in [0.1, 0.15) is 0 Å². The topological polar surface area (TPSA) is 79.6 Å². The molecule has 1 aromatic carbocycles. The molecular formula is C9H5BN3O3. The highest BCUT2D eigenvalue weighted by Gasteiger charge is 2.10. The minimum atomic E-state index is -0.357. The third kappa shape index (κ3) is 1.67. The fourth-order valence-electron chi connectivity index (χ4n) is 1.43. The van der Waals surface area contributed by atoms with E-state index in [1.165, 1.54) is 18.5 Å². The maximum atomic E-state index is 11.5. The molecule has 77 valence electrons. The van der Waals surface area contributed by atoms with Gasteiger partial charge in [-0.2, -0.15) is 0 Å². The highest BCUT2D eigenvalue weighted by atomic mass is 17.1. The summed E-state index contributed by atoms with van der Waals surface area (Å²) in [7, 11) is 0.980. The van der Waals surface area contributed by atoms with Crippen molar-refractivity contribution in [2.45, 2.75) is 0 Å². The van der Waals surface area contributed by atoms with Gasteiger partial charge < -0.3 is 9.79 Å². The average molecular weight is 214 g/mol. The number of benzene rings is 1. The number of hydrogen-bond donors (Lipinski definition) is 2. The number of hydrogen-bond acceptors (Lipinski definition) is 4. The Labute approximate surface area is 90.5 Å². The second-order valence-electron chi connectivity index (χ2n) is 3.00. The molecule has 16 heavy (non-hydrogen) atoms. The summed E-state index contributed by atoms with van der Waals surface area (Å²) in [5.41, 5.74) is 0.639. The SMILES string of the molecule is [C-]#[N+]c1cc([B]OO)c2c(=O)[nH]cnc2c1. The first kappa shape index (κ1) is 10.4. The number of H-pyrrole nitrogens is 1. The van der Waals surface area contributed by atoms with E-state index in [0.717, 1.165) is 7.48 Å². The van der Waals surface area contributed by atoms with Gasteiger partial charge in [-0.25, -0.2) is 9.83 Å². The molecule has 1 radical (unpaired) electrons. The van der Waals surface area contributed by atoms with E-state index in [9.17, 15) is 4.79 Å². The van der Waals surface area contributed by atoms with E-state index in [0.29, 0.717) is 16.7 Å². The van der Waals surface area contributed by atoms with Crippen molar-refractivity contribution in [3.05, 3.63) is 40.2 Å². The highest BCUT2D eigenvalue weighted by Crippen LogP contribution is 2.14. The lowest BCUT2D eigenvalue weighted by atomic mass is 9.85. The molecule has 1 heterocycles. The van der Waals surface area contributed by atoms with Crippen molar-refractivity contribution < 1.29 is 10.1 Å². The van der Waals surface area contributed by atoms with Crippen molar-refractivity contribution in [3.8, 4) is 0 Å². The Morgan fingerprint density at radius 3 is 3.06 bits per heavy atom. The van der Waals surface area contributed by atoms with Gasteiger partial charge in [-0.1, -0.05) is 6.07 Å². The van der Waals surface area contributed by atoms with Gasteiger partial charge in [-0.3, -0.25) is 10.1 Å². The second kappa shape index (κ2) is 4.14. The predicted molar refractivity (Wildman–Crippen MR) is 57.7 cm³/mol. The maximum absolute atomic E-state index is 11.5. The van der Waals surface area contributed by atoms with Crippen molar-refractivity contribution >= 4 is 29.5 Å². The number of rotatable bonds is 2. The molecular weight excluding hydrogens is 209 g/mol. The summed E-state index contributed by atoms with van der Waals surface area (Å²) in [4.78, 5) is 25.0. The molecule has 2 rings (SSSR count). The zero-order chi connectivity index (χ0) is 11.5. The van der Waals surface area contributed by atoms with Crippen LogP contribution in [0, 0.1) is 6.57 Å². The van der Waals surface area contributed by atoms with Crippen LogP contribution in [0.25, 0.3) is 15.7 Å². The highest BCUT2D eigenvalue weighted by molar-refractivity contribution is 6.51. The molecule has 0 bridgehead atoms. The van der Waals surface area contributed by atoms with Gasteiger partial charge in [-0.05, 0) is 11.5 Å². The molecule has 2 aromatic rings. The minimum absolute atomic E-state index is 0.268. The molecule has 0 aliphatic rings. The summed E-state index contributed by atoms with van der Waals surface area (Å²) in [5, 5.41) is 8.64. The standard InChI is InChI=1S/C9H5BN3O3/c1-11-5-2-6(10-16-15)8-7(3-5)12-4-13-9(8)14/h2-4,15H,(H,12,13,14). The van der Waals surface area contributed by atoms with Crippen molar-refractivity contribution in [2.75, 3.05) is 0 Å². The molecule has 0 aliphatic carbocycles. The Morgan fingerprint density at radius 2 is 2.38 bits per heavy atom. The first-order valence-electron chi connectivity index (χ1n) is 4.28. The molecule has 0 saturated heterocycles. The molecule has 1 aromatic heterocycles. The molecule has 0 saturated carbocycles. The number of aromatic amines is 1. The lowest BCUT2D eigenvalue weighted by Gasteiger charge is -2.02. The van der Waals surface area contributed by atoms with Crippen LogP contribution < -0.4 is 11.0 Å². The molecule has 0 spiro atoms. The van der Waals surface area contributed by atoms with Gasteiger partial charge in [0.05, 0.1) is 23.8 Å². The Kier molecular flexibility index (Phi) is 2.68. The summed E-state index contributed by atoms with van der Waals surface area (Å²) < 4.78 is 0. The van der Waals surface area contributed by atoms with Gasteiger partial charge in [0.2, 0.25) is 0 Å². The van der Waals surface area contributed by atoms with Gasteiger partial charge in [0.25, 0.3) is 5.56 Å². The van der Waals surface area contributed by atoms with Crippen LogP contribution in [0.4, 0.5) is 5.69 Å². The van der Waals surface area contributed by atoms with Crippen molar-refractivity contribution in [1.29, 1.82) is 0 Å². The van der Waals surface area contributed by atoms with Crippen molar-refractivity contribution in [3.63, 3.8) is 0 Å². The summed E-state index contributed by atoms with van der Waals surface area (Å²) >= 11 is 0. The van der Waals surface area contributed by atoms with E-state index in [-0.39, 0.29) is 10.9 Å². The molecule has 2 N–H and O–H groups in total. The third-order valence-electron chi connectivity index (χ3n) is 2.07. The average Bonchev–Trinajstić information content (AvgIpc) is 2.29. The second-order valence-corrected chi connectivity index (χ2v) is 3.00. The van der Waals surface area contributed by atoms with Crippen LogP contribution in [0.3, 0.4) is 0 Å². The summed E-state index contributed by atoms with van der Waals surface area (Å²) in [6.45, 7) is 6.90. The molecule has 0 amide bonds. The van der Waals surface area contributed by atoms with Gasteiger partial charge in [-0.15, -0.1) is 0 Å². The molecule has 6 nitrogen and oxygen atoms in total. The smallest absolute Gasteiger partial charge is 0.313 e. The van der Waals surface area contributed by atoms with Crippen molar-refractivity contribution in [2.24, 2.45) is 0 Å². The number of nitrogens with zero attached hydrogens (tertiary/aromatic N) is 2. The summed E-state index contributed by atoms with van der Waals surface area (Å²) in [5.74, 6) is 0. The largest absolute Gasteiger partial charge is 0.380 e. The van der Waals surface area contributed by atoms with Crippen LogP contribution in [-0.4, -0.2) is 22.7 Å². The molecule has 7 heteroatoms. The van der Waals surface area contributed by atoms with Crippen LogP contribution in [0.2, 0.25) is 0 Å². The summed E-state index contributed by atoms with van der Waals surface area (Å²) in [6, 6.07) is 2.93. The monoisotopic (exact) mass is 214 g/mol. The Bertz CT molecular complexity index is 632. The maximum Gasteiger partial charge on any atom is 0.380 e. The number of fused-ring (bicyclic) bond motifs is 1. The lowest BCUT2D eigenvalue weighted by Crippen LogP contribution is -2.23. The lowest BCUT2D eigenvalue weighted by molar-refractivity contribution is -0.135. The number of nitrogens with one attached hydrogen (secondary N) is 1. The molecule has 0 fully saturated rings. The first-order chi connectivity index (χ1) is 7.76. The Balaban J connectivity index is 2.84. The zero-order valence-corrected chi connectivity index (χ0v) is 7.97. The third-order valence-corrected chi connectivity index (χ3v) is 2.07. The molecule has 0 unspecified atom stereocenters. The van der Waals surface area contributed by atoms with Crippen molar-refractivity contribution in [1.82, 2.24) is 9.97 Å². The van der Waals surface area contributed by atoms with E-state index in [1.54, 1.807) is 0 Å². The summed E-state index contributed by atoms with van der Waals surface area (Å²) in [6.07, 6.45) is 1.25. The van der Waals surface area contributed by atoms with Crippen LogP contribution >= 0.6 is 0 Å². The Hall–Kier alpha value is -2.17. The van der Waals surface area contributed by atoms with Crippen LogP contribution in [0.1, 0.15) is 0 Å². The van der Waals surface area contributed by atoms with E-state index in [4.69, 9.17) is 11.8 Å². The Morgan fingerprint density at radius 1 is 1.56 bits per heavy atom. The minimum Gasteiger partial charge on any atom is -0.313 e. The first-order valence-corrected chi connectivity index (χ1v) is 4.28. The van der Waals surface area contributed by atoms with Gasteiger partial charge >= 0.3 is 7.48 Å². The van der Waals surface area contributed by atoms with Gasteiger partial charge in [0.15, 0.2) is 5.69 Å². The van der Waals surface area contributed by atoms with Crippen LogP contribution in [0.5, 0.6) is 0 Å². The quantitative estimate of drug-likeness (QED) is 0.324. The van der Waals surface area contributed by atoms with Crippen LogP contribution in [0.15, 0.2) is 23.3 Å². The fraction of sp³-hybridized carbons (Fsp3) is 0. The van der Waals surface area contributed by atoms with E-state index >= 15 is 0 Å². The fourth-order valence-corrected chi connectivity index (χ4v) is 1.43. The van der Waals surface area contributed by atoms with Gasteiger partial charge in [0, 0.05) is 0 Å².